The first-order valence-electron chi connectivity index (χ1n) is 5.53. The third kappa shape index (κ3) is 5.54. The molecule has 1 rings (SSSR count). The number of nitrogens with zero attached hydrogens (tertiary/aromatic N) is 3. The van der Waals surface area contributed by atoms with Crippen LogP contribution in [0.3, 0.4) is 0 Å². The summed E-state index contributed by atoms with van der Waals surface area (Å²) in [6.07, 6.45) is -5.99. The number of halogens is 3. The van der Waals surface area contributed by atoms with Crippen molar-refractivity contribution >= 4 is 11.9 Å². The maximum absolute atomic E-state index is 12.0. The Balaban J connectivity index is 2.65. The molecular formula is C11H15F3N4O. The third-order valence-electron chi connectivity index (χ3n) is 2.12. The second-order valence-electron chi connectivity index (χ2n) is 4.26. The molecule has 8 heteroatoms. The van der Waals surface area contributed by atoms with Crippen molar-refractivity contribution in [3.05, 3.63) is 17.5 Å². The van der Waals surface area contributed by atoms with E-state index in [0.717, 1.165) is 0 Å². The minimum Gasteiger partial charge on any atom is -0.350 e. The topological polar surface area (TPSA) is 58.1 Å². The molecule has 19 heavy (non-hydrogen) atoms. The first-order chi connectivity index (χ1) is 8.67. The number of alkyl halides is 3. The average Bonchev–Trinajstić information content (AvgIpc) is 2.23. The maximum Gasteiger partial charge on any atom is 0.397 e. The molecule has 0 atom stereocenters. The van der Waals surface area contributed by atoms with Crippen LogP contribution in [0.4, 0.5) is 19.1 Å². The van der Waals surface area contributed by atoms with Gasteiger partial charge in [0.2, 0.25) is 11.9 Å². The molecule has 5 nitrogen and oxygen atoms in total. The number of carbonyl (C=O) groups is 1. The van der Waals surface area contributed by atoms with Gasteiger partial charge < -0.3 is 10.2 Å². The van der Waals surface area contributed by atoms with Gasteiger partial charge in [-0.15, -0.1) is 0 Å². The summed E-state index contributed by atoms with van der Waals surface area (Å²) in [5.41, 5.74) is 1.14. The van der Waals surface area contributed by atoms with E-state index in [-0.39, 0.29) is 6.54 Å². The number of nitrogens with one attached hydrogen (secondary N) is 1. The van der Waals surface area contributed by atoms with Crippen LogP contribution in [0.5, 0.6) is 0 Å². The number of carbonyl (C=O) groups excluding carboxylic acids is 1. The quantitative estimate of drug-likeness (QED) is 0.903. The summed E-state index contributed by atoms with van der Waals surface area (Å²) in [6, 6.07) is 1.61. The first kappa shape index (κ1) is 15.2. The van der Waals surface area contributed by atoms with Gasteiger partial charge in [-0.1, -0.05) is 0 Å². The molecule has 0 aliphatic carbocycles. The fourth-order valence-electron chi connectivity index (χ4n) is 1.34. The standard InChI is InChI=1S/C11H15F3N4O/c1-7-4-8(17-10(16-7)18(2)3)6-15-9(19)5-11(12,13)14/h4H,5-6H2,1-3H3,(H,15,19). The highest BCUT2D eigenvalue weighted by atomic mass is 19.4. The summed E-state index contributed by atoms with van der Waals surface area (Å²) in [5, 5.41) is 2.18. The molecule has 0 aliphatic rings. The van der Waals surface area contributed by atoms with E-state index in [9.17, 15) is 18.0 Å². The number of hydrogen-bond donors (Lipinski definition) is 1. The third-order valence-corrected chi connectivity index (χ3v) is 2.12. The fraction of sp³-hybridized carbons (Fsp3) is 0.545. The molecule has 0 spiro atoms. The van der Waals surface area contributed by atoms with Crippen molar-refractivity contribution < 1.29 is 18.0 Å². The number of aryl methyl sites for hydroxylation is 1. The van der Waals surface area contributed by atoms with Gasteiger partial charge in [-0.2, -0.15) is 13.2 Å². The summed E-state index contributed by atoms with van der Waals surface area (Å²) in [6.45, 7) is 1.69. The molecule has 106 valence electrons. The van der Waals surface area contributed by atoms with Gasteiger partial charge in [0, 0.05) is 19.8 Å². The van der Waals surface area contributed by atoms with Crippen molar-refractivity contribution in [1.29, 1.82) is 0 Å². The Labute approximate surface area is 108 Å². The molecule has 1 aromatic heterocycles. The lowest BCUT2D eigenvalue weighted by Crippen LogP contribution is -2.28. The molecule has 0 saturated heterocycles. The zero-order chi connectivity index (χ0) is 14.6. The van der Waals surface area contributed by atoms with Crippen LogP contribution in [0, 0.1) is 6.92 Å². The number of anilines is 1. The number of aromatic nitrogens is 2. The highest BCUT2D eigenvalue weighted by molar-refractivity contribution is 5.76. The Bertz CT molecular complexity index is 460. The monoisotopic (exact) mass is 276 g/mol. The molecule has 0 bridgehead atoms. The predicted octanol–water partition coefficient (Wildman–Crippen LogP) is 1.42. The fourth-order valence-corrected chi connectivity index (χ4v) is 1.34. The minimum atomic E-state index is -4.50. The van der Waals surface area contributed by atoms with Crippen LogP contribution in [0.15, 0.2) is 6.07 Å². The summed E-state index contributed by atoms with van der Waals surface area (Å²) in [7, 11) is 3.50. The summed E-state index contributed by atoms with van der Waals surface area (Å²) >= 11 is 0. The van der Waals surface area contributed by atoms with Crippen LogP contribution >= 0.6 is 0 Å². The van der Waals surface area contributed by atoms with Gasteiger partial charge in [-0.25, -0.2) is 9.97 Å². The van der Waals surface area contributed by atoms with E-state index in [4.69, 9.17) is 0 Å². The average molecular weight is 276 g/mol. The molecule has 0 unspecified atom stereocenters. The van der Waals surface area contributed by atoms with Crippen LogP contribution in [-0.4, -0.2) is 36.1 Å². The molecular weight excluding hydrogens is 261 g/mol. The van der Waals surface area contributed by atoms with Crippen LogP contribution in [0.1, 0.15) is 17.8 Å². The van der Waals surface area contributed by atoms with Crippen molar-refractivity contribution in [2.75, 3.05) is 19.0 Å². The van der Waals surface area contributed by atoms with E-state index >= 15 is 0 Å². The van der Waals surface area contributed by atoms with Crippen LogP contribution in [-0.2, 0) is 11.3 Å². The van der Waals surface area contributed by atoms with Gasteiger partial charge in [0.15, 0.2) is 0 Å². The Morgan fingerprint density at radius 2 is 2.00 bits per heavy atom. The molecule has 0 aromatic carbocycles. The van der Waals surface area contributed by atoms with E-state index in [0.29, 0.717) is 17.3 Å². The van der Waals surface area contributed by atoms with Crippen molar-refractivity contribution in [3.63, 3.8) is 0 Å². The minimum absolute atomic E-state index is 0.0564. The molecule has 1 N–H and O–H groups in total. The molecule has 1 heterocycles. The largest absolute Gasteiger partial charge is 0.397 e. The zero-order valence-corrected chi connectivity index (χ0v) is 10.9. The first-order valence-corrected chi connectivity index (χ1v) is 5.53. The van der Waals surface area contributed by atoms with E-state index < -0.39 is 18.5 Å². The summed E-state index contributed by atoms with van der Waals surface area (Å²) in [5.74, 6) is -0.629. The van der Waals surface area contributed by atoms with Crippen LogP contribution in [0.25, 0.3) is 0 Å². The summed E-state index contributed by atoms with van der Waals surface area (Å²) in [4.78, 5) is 21.0. The van der Waals surface area contributed by atoms with Gasteiger partial charge >= 0.3 is 6.18 Å². The highest BCUT2D eigenvalue weighted by Crippen LogP contribution is 2.19. The Kier molecular flexibility index (Phi) is 4.68. The van der Waals surface area contributed by atoms with E-state index in [1.165, 1.54) is 0 Å². The SMILES string of the molecule is Cc1cc(CNC(=O)CC(F)(F)F)nc(N(C)C)n1. The Morgan fingerprint density at radius 3 is 2.53 bits per heavy atom. The lowest BCUT2D eigenvalue weighted by Gasteiger charge is -2.13. The zero-order valence-electron chi connectivity index (χ0n) is 10.9. The molecule has 0 radical (unpaired) electrons. The van der Waals surface area contributed by atoms with Crippen LogP contribution in [0.2, 0.25) is 0 Å². The predicted molar refractivity (Wildman–Crippen MR) is 63.6 cm³/mol. The lowest BCUT2D eigenvalue weighted by molar-refractivity contribution is -0.153. The van der Waals surface area contributed by atoms with Crippen molar-refractivity contribution in [2.24, 2.45) is 0 Å². The number of rotatable bonds is 4. The van der Waals surface area contributed by atoms with Crippen LogP contribution < -0.4 is 10.2 Å². The van der Waals surface area contributed by atoms with E-state index in [2.05, 4.69) is 15.3 Å². The van der Waals surface area contributed by atoms with Gasteiger partial charge in [0.1, 0.15) is 6.42 Å². The van der Waals surface area contributed by atoms with E-state index in [1.54, 1.807) is 32.0 Å². The Hall–Kier alpha value is -1.86. The van der Waals surface area contributed by atoms with Gasteiger partial charge in [-0.3, -0.25) is 4.79 Å². The molecule has 1 aromatic rings. The summed E-state index contributed by atoms with van der Waals surface area (Å²) < 4.78 is 35.9. The van der Waals surface area contributed by atoms with Crippen molar-refractivity contribution in [3.8, 4) is 0 Å². The highest BCUT2D eigenvalue weighted by Gasteiger charge is 2.30. The smallest absolute Gasteiger partial charge is 0.350 e. The van der Waals surface area contributed by atoms with Crippen molar-refractivity contribution in [2.45, 2.75) is 26.1 Å². The molecule has 0 aliphatic heterocycles. The van der Waals surface area contributed by atoms with E-state index in [1.807, 2.05) is 0 Å². The van der Waals surface area contributed by atoms with Gasteiger partial charge in [0.25, 0.3) is 0 Å². The number of amides is 1. The Morgan fingerprint density at radius 1 is 1.37 bits per heavy atom. The molecule has 0 fully saturated rings. The van der Waals surface area contributed by atoms with Gasteiger partial charge in [0.05, 0.1) is 12.2 Å². The second-order valence-corrected chi connectivity index (χ2v) is 4.26. The second kappa shape index (κ2) is 5.85. The maximum atomic E-state index is 12.0. The number of hydrogen-bond acceptors (Lipinski definition) is 4. The van der Waals surface area contributed by atoms with Crippen molar-refractivity contribution in [1.82, 2.24) is 15.3 Å². The molecule has 0 saturated carbocycles. The lowest BCUT2D eigenvalue weighted by atomic mass is 10.3. The van der Waals surface area contributed by atoms with Gasteiger partial charge in [-0.05, 0) is 13.0 Å². The normalized spacial score (nSPS) is 11.3. The molecule has 1 amide bonds.